The van der Waals surface area contributed by atoms with E-state index in [0.717, 1.165) is 73.9 Å². The Balaban J connectivity index is 0.000000229. The Morgan fingerprint density at radius 2 is 1.26 bits per heavy atom. The maximum atomic E-state index is 13.2. The molecule has 2 amide bonds. The smallest absolute Gasteiger partial charge is 0.306 e. The van der Waals surface area contributed by atoms with Gasteiger partial charge in [-0.25, -0.2) is 8.78 Å². The van der Waals surface area contributed by atoms with Gasteiger partial charge in [-0.2, -0.15) is 0 Å². The molecule has 2 fully saturated rings. The van der Waals surface area contributed by atoms with Crippen LogP contribution in [0, 0.1) is 0 Å². The number of nitrogens with two attached hydrogens (primary N) is 1. The maximum absolute atomic E-state index is 13.2. The van der Waals surface area contributed by atoms with E-state index in [1.165, 1.54) is 0 Å². The summed E-state index contributed by atoms with van der Waals surface area (Å²) in [6.07, 6.45) is 7.41. The van der Waals surface area contributed by atoms with Crippen LogP contribution in [-0.2, 0) is 22.4 Å². The third kappa shape index (κ3) is 10.5. The van der Waals surface area contributed by atoms with E-state index in [9.17, 15) is 23.2 Å². The van der Waals surface area contributed by atoms with Gasteiger partial charge in [0, 0.05) is 54.8 Å². The summed E-state index contributed by atoms with van der Waals surface area (Å²) in [6, 6.07) is 11.7. The van der Waals surface area contributed by atoms with Crippen molar-refractivity contribution in [3.8, 4) is 11.5 Å². The Bertz CT molecular complexity index is 1600. The monoisotopic (exact) mass is 715 g/mol. The first kappa shape index (κ1) is 38.8. The second-order valence-electron chi connectivity index (χ2n) is 14.0. The minimum absolute atomic E-state index is 0. The highest BCUT2D eigenvalue weighted by atomic mass is 35.5. The molecular weight excluding hydrogens is 668 g/mol. The van der Waals surface area contributed by atoms with E-state index in [-0.39, 0.29) is 62.8 Å². The molecule has 2 N–H and O–H groups in total. The fourth-order valence-electron chi connectivity index (χ4n) is 5.91. The summed E-state index contributed by atoms with van der Waals surface area (Å²) in [4.78, 5) is 40.6. The van der Waals surface area contributed by atoms with E-state index in [1.807, 2.05) is 28.0 Å². The molecule has 2 aliphatic carbocycles. The SMILES string of the molecule is CC(C)(C)OC(=O)CC/C(=C/F)COc1ccc2c(c1)CCN(C1CC1)C2=O.Cl.NC/C(=C/F)COc1ccc2c(c1)CCN(C1CC1)C2=O. The van der Waals surface area contributed by atoms with Gasteiger partial charge in [0.05, 0.1) is 12.7 Å². The molecule has 9 nitrogen and oxygen atoms in total. The van der Waals surface area contributed by atoms with Crippen molar-refractivity contribution >= 4 is 30.2 Å². The molecule has 0 atom stereocenters. The normalized spacial score (nSPS) is 17.6. The number of rotatable bonds is 12. The maximum Gasteiger partial charge on any atom is 0.306 e. The molecule has 50 heavy (non-hydrogen) atoms. The molecule has 12 heteroatoms. The van der Waals surface area contributed by atoms with Crippen molar-refractivity contribution in [2.75, 3.05) is 32.8 Å². The number of amides is 2. The number of benzene rings is 2. The number of nitrogens with zero attached hydrogens (tertiary/aromatic N) is 2. The molecule has 2 saturated carbocycles. The standard InChI is InChI=1S/C22H28FNO4.C16H19FN2O2.ClH/c1-22(2,3)28-20(25)9-4-15(13-23)14-27-18-7-8-19-16(12-18)10-11-24(21(19)26)17-5-6-17;17-8-11(9-18)10-21-14-3-4-15-12(7-14)5-6-19(16(15)20)13-1-2-13;/h7-8,12-13,17H,4-6,9-11,14H2,1-3H3;3-4,7-8,13H,1-2,5-6,9-10,18H2;1H/b15-13-;11-8-;. The summed E-state index contributed by atoms with van der Waals surface area (Å²) >= 11 is 0. The van der Waals surface area contributed by atoms with Crippen molar-refractivity contribution in [2.45, 2.75) is 89.8 Å². The Hall–Kier alpha value is -3.96. The summed E-state index contributed by atoms with van der Waals surface area (Å²) < 4.78 is 42.0. The lowest BCUT2D eigenvalue weighted by atomic mass is 9.98. The Morgan fingerprint density at radius 3 is 1.66 bits per heavy atom. The van der Waals surface area contributed by atoms with E-state index >= 15 is 0 Å². The summed E-state index contributed by atoms with van der Waals surface area (Å²) in [5, 5.41) is 0. The van der Waals surface area contributed by atoms with Crippen LogP contribution < -0.4 is 15.2 Å². The van der Waals surface area contributed by atoms with Gasteiger partial charge < -0.3 is 29.7 Å². The van der Waals surface area contributed by atoms with Gasteiger partial charge in [0.1, 0.15) is 30.3 Å². The van der Waals surface area contributed by atoms with E-state index in [0.29, 0.717) is 47.4 Å². The van der Waals surface area contributed by atoms with Crippen molar-refractivity contribution in [2.24, 2.45) is 5.73 Å². The number of hydrogen-bond donors (Lipinski definition) is 1. The first-order valence-electron chi connectivity index (χ1n) is 17.1. The highest BCUT2D eigenvalue weighted by Gasteiger charge is 2.37. The topological polar surface area (TPSA) is 111 Å². The molecule has 0 spiro atoms. The molecular formula is C38H48ClF2N3O6. The highest BCUT2D eigenvalue weighted by Crippen LogP contribution is 2.34. The average Bonchev–Trinajstić information content (AvgIpc) is 4.00. The van der Waals surface area contributed by atoms with E-state index in [2.05, 4.69) is 0 Å². The fourth-order valence-corrected chi connectivity index (χ4v) is 5.91. The number of ether oxygens (including phenoxy) is 3. The largest absolute Gasteiger partial charge is 0.489 e. The third-order valence-electron chi connectivity index (χ3n) is 8.84. The molecule has 0 saturated heterocycles. The summed E-state index contributed by atoms with van der Waals surface area (Å²) in [7, 11) is 0. The fraction of sp³-hybridized carbons (Fsp3) is 0.500. The Labute approximate surface area is 299 Å². The number of carbonyl (C=O) groups excluding carboxylic acids is 3. The predicted octanol–water partition coefficient (Wildman–Crippen LogP) is 6.66. The van der Waals surface area contributed by atoms with Crippen LogP contribution in [-0.4, -0.2) is 78.1 Å². The van der Waals surface area contributed by atoms with Gasteiger partial charge >= 0.3 is 5.97 Å². The zero-order valence-corrected chi connectivity index (χ0v) is 29.9. The third-order valence-corrected chi connectivity index (χ3v) is 8.84. The van der Waals surface area contributed by atoms with Crippen LogP contribution in [0.15, 0.2) is 60.2 Å². The highest BCUT2D eigenvalue weighted by molar-refractivity contribution is 5.98. The van der Waals surface area contributed by atoms with E-state index < -0.39 is 5.60 Å². The molecule has 0 radical (unpaired) electrons. The van der Waals surface area contributed by atoms with Gasteiger partial charge in [0.2, 0.25) is 0 Å². The van der Waals surface area contributed by atoms with Crippen LogP contribution in [0.3, 0.4) is 0 Å². The van der Waals surface area contributed by atoms with Crippen LogP contribution in [0.25, 0.3) is 0 Å². The molecule has 2 aromatic rings. The number of fused-ring (bicyclic) bond motifs is 2. The second-order valence-corrected chi connectivity index (χ2v) is 14.0. The minimum atomic E-state index is -0.553. The lowest BCUT2D eigenvalue weighted by Crippen LogP contribution is -2.39. The molecule has 2 heterocycles. The molecule has 272 valence electrons. The van der Waals surface area contributed by atoms with Gasteiger partial charge in [-0.05, 0) is 119 Å². The van der Waals surface area contributed by atoms with Crippen LogP contribution in [0.2, 0.25) is 0 Å². The number of halogens is 3. The molecule has 0 bridgehead atoms. The van der Waals surface area contributed by atoms with Crippen molar-refractivity contribution in [3.63, 3.8) is 0 Å². The predicted molar refractivity (Wildman–Crippen MR) is 189 cm³/mol. The summed E-state index contributed by atoms with van der Waals surface area (Å²) in [5.74, 6) is 1.10. The number of esters is 1. The van der Waals surface area contributed by atoms with Crippen molar-refractivity contribution in [1.29, 1.82) is 0 Å². The lowest BCUT2D eigenvalue weighted by molar-refractivity contribution is -0.154. The van der Waals surface area contributed by atoms with Crippen molar-refractivity contribution in [3.05, 3.63) is 82.5 Å². The second kappa shape index (κ2) is 17.3. The van der Waals surface area contributed by atoms with Crippen LogP contribution in [0.1, 0.15) is 91.1 Å². The first-order valence-corrected chi connectivity index (χ1v) is 17.1. The quantitative estimate of drug-likeness (QED) is 0.245. The average molecular weight is 716 g/mol. The van der Waals surface area contributed by atoms with Crippen molar-refractivity contribution in [1.82, 2.24) is 9.80 Å². The zero-order chi connectivity index (χ0) is 35.1. The van der Waals surface area contributed by atoms with Crippen LogP contribution in [0.5, 0.6) is 11.5 Å². The number of hydrogen-bond acceptors (Lipinski definition) is 7. The molecule has 2 aliphatic heterocycles. The number of carbonyl (C=O) groups is 3. The van der Waals surface area contributed by atoms with Gasteiger partial charge in [-0.1, -0.05) is 0 Å². The Morgan fingerprint density at radius 1 is 0.800 bits per heavy atom. The summed E-state index contributed by atoms with van der Waals surface area (Å²) in [5.41, 5.74) is 9.11. The van der Waals surface area contributed by atoms with Crippen LogP contribution >= 0.6 is 12.4 Å². The molecule has 6 rings (SSSR count). The molecule has 0 aromatic heterocycles. The van der Waals surface area contributed by atoms with Gasteiger partial charge in [-0.3, -0.25) is 14.4 Å². The van der Waals surface area contributed by atoms with Gasteiger partial charge in [0.15, 0.2) is 0 Å². The molecule has 0 unspecified atom stereocenters. The van der Waals surface area contributed by atoms with E-state index in [4.69, 9.17) is 19.9 Å². The minimum Gasteiger partial charge on any atom is -0.489 e. The van der Waals surface area contributed by atoms with Gasteiger partial charge in [0.25, 0.3) is 11.8 Å². The Kier molecular flexibility index (Phi) is 13.4. The first-order chi connectivity index (χ1) is 23.5. The molecule has 2 aromatic carbocycles. The van der Waals surface area contributed by atoms with Crippen LogP contribution in [0.4, 0.5) is 8.78 Å². The van der Waals surface area contributed by atoms with Crippen molar-refractivity contribution < 1.29 is 37.4 Å². The lowest BCUT2D eigenvalue weighted by Gasteiger charge is -2.28. The summed E-state index contributed by atoms with van der Waals surface area (Å²) in [6.45, 7) is 7.23. The zero-order valence-electron chi connectivity index (χ0n) is 29.1. The van der Waals surface area contributed by atoms with E-state index in [1.54, 1.807) is 39.0 Å². The molecule has 4 aliphatic rings. The van der Waals surface area contributed by atoms with Gasteiger partial charge in [-0.15, -0.1) is 12.4 Å².